The molecule has 0 aromatic carbocycles. The second-order valence-electron chi connectivity index (χ2n) is 4.42. The number of rotatable bonds is 4. The minimum atomic E-state index is -0.395. The first-order valence-corrected chi connectivity index (χ1v) is 6.82. The molecule has 1 unspecified atom stereocenters. The molecule has 0 aliphatic heterocycles. The molecule has 3 N–H and O–H groups in total. The quantitative estimate of drug-likeness (QED) is 0.888. The van der Waals surface area contributed by atoms with Gasteiger partial charge in [-0.25, -0.2) is 4.98 Å². The standard InChI is InChI=1S/C12H16ClN3S/c1-3-6-12(2,14)11-15-7-8(16-11)9-4-5-10(13)17-9/h4-5,7H,3,6,14H2,1-2H3,(H,15,16). The van der Waals surface area contributed by atoms with Gasteiger partial charge < -0.3 is 10.7 Å². The number of nitrogens with two attached hydrogens (primary N) is 1. The Labute approximate surface area is 110 Å². The SMILES string of the molecule is CCCC(C)(N)c1ncc(-c2ccc(Cl)s2)[nH]1. The number of nitrogens with zero attached hydrogens (tertiary/aromatic N) is 1. The van der Waals surface area contributed by atoms with Gasteiger partial charge in [-0.2, -0.15) is 0 Å². The molecule has 0 spiro atoms. The first-order chi connectivity index (χ1) is 8.03. The topological polar surface area (TPSA) is 54.7 Å². The number of thiophene rings is 1. The van der Waals surface area contributed by atoms with E-state index in [1.54, 1.807) is 0 Å². The molecule has 5 heteroatoms. The number of halogens is 1. The first-order valence-electron chi connectivity index (χ1n) is 5.63. The summed E-state index contributed by atoms with van der Waals surface area (Å²) in [7, 11) is 0. The van der Waals surface area contributed by atoms with Crippen molar-refractivity contribution in [2.24, 2.45) is 5.73 Å². The highest BCUT2D eigenvalue weighted by Crippen LogP contribution is 2.31. The first kappa shape index (κ1) is 12.6. The van der Waals surface area contributed by atoms with Crippen LogP contribution in [0.2, 0.25) is 4.34 Å². The Balaban J connectivity index is 2.27. The van der Waals surface area contributed by atoms with Crippen molar-refractivity contribution in [3.8, 4) is 10.6 Å². The lowest BCUT2D eigenvalue weighted by atomic mass is 9.97. The second-order valence-corrected chi connectivity index (χ2v) is 6.13. The lowest BCUT2D eigenvalue weighted by molar-refractivity contribution is 0.423. The van der Waals surface area contributed by atoms with Crippen LogP contribution in [0.15, 0.2) is 18.3 Å². The molecule has 0 radical (unpaired) electrons. The van der Waals surface area contributed by atoms with Crippen molar-refractivity contribution >= 4 is 22.9 Å². The maximum Gasteiger partial charge on any atom is 0.126 e. The van der Waals surface area contributed by atoms with E-state index in [0.717, 1.165) is 33.6 Å². The van der Waals surface area contributed by atoms with Crippen LogP contribution >= 0.6 is 22.9 Å². The lowest BCUT2D eigenvalue weighted by Gasteiger charge is -2.20. The van der Waals surface area contributed by atoms with Gasteiger partial charge >= 0.3 is 0 Å². The van der Waals surface area contributed by atoms with Crippen LogP contribution in [0.5, 0.6) is 0 Å². The Morgan fingerprint density at radius 3 is 2.88 bits per heavy atom. The zero-order chi connectivity index (χ0) is 12.5. The molecule has 1 atom stereocenters. The molecule has 0 saturated carbocycles. The third-order valence-electron chi connectivity index (χ3n) is 2.72. The van der Waals surface area contributed by atoms with Gasteiger partial charge in [-0.15, -0.1) is 11.3 Å². The van der Waals surface area contributed by atoms with Gasteiger partial charge in [0.25, 0.3) is 0 Å². The molecule has 0 aliphatic carbocycles. The summed E-state index contributed by atoms with van der Waals surface area (Å²) in [5, 5.41) is 0. The average Bonchev–Trinajstić information content (AvgIpc) is 2.85. The van der Waals surface area contributed by atoms with Crippen molar-refractivity contribution in [1.82, 2.24) is 9.97 Å². The molecule has 0 fully saturated rings. The highest BCUT2D eigenvalue weighted by molar-refractivity contribution is 7.19. The van der Waals surface area contributed by atoms with Crippen LogP contribution in [0.25, 0.3) is 10.6 Å². The van der Waals surface area contributed by atoms with Crippen molar-refractivity contribution < 1.29 is 0 Å². The number of hydrogen-bond acceptors (Lipinski definition) is 3. The summed E-state index contributed by atoms with van der Waals surface area (Å²) in [6.45, 7) is 4.12. The minimum absolute atomic E-state index is 0.395. The molecule has 2 rings (SSSR count). The fourth-order valence-electron chi connectivity index (χ4n) is 1.83. The molecule has 2 heterocycles. The van der Waals surface area contributed by atoms with E-state index in [0.29, 0.717) is 0 Å². The Bertz CT molecular complexity index is 501. The van der Waals surface area contributed by atoms with Crippen LogP contribution in [-0.4, -0.2) is 9.97 Å². The number of hydrogen-bond donors (Lipinski definition) is 2. The lowest BCUT2D eigenvalue weighted by Crippen LogP contribution is -2.34. The van der Waals surface area contributed by atoms with E-state index < -0.39 is 5.54 Å². The number of aromatic nitrogens is 2. The van der Waals surface area contributed by atoms with Gasteiger partial charge in [0.2, 0.25) is 0 Å². The van der Waals surface area contributed by atoms with E-state index >= 15 is 0 Å². The van der Waals surface area contributed by atoms with Crippen LogP contribution < -0.4 is 5.73 Å². The van der Waals surface area contributed by atoms with Crippen LogP contribution in [0.4, 0.5) is 0 Å². The molecule has 0 aliphatic rings. The average molecular weight is 270 g/mol. The van der Waals surface area contributed by atoms with Crippen molar-refractivity contribution in [3.63, 3.8) is 0 Å². The maximum atomic E-state index is 6.23. The van der Waals surface area contributed by atoms with E-state index in [1.807, 2.05) is 25.3 Å². The number of aromatic amines is 1. The van der Waals surface area contributed by atoms with Crippen molar-refractivity contribution in [1.29, 1.82) is 0 Å². The van der Waals surface area contributed by atoms with Gasteiger partial charge in [-0.1, -0.05) is 24.9 Å². The maximum absolute atomic E-state index is 6.23. The fraction of sp³-hybridized carbons (Fsp3) is 0.417. The summed E-state index contributed by atoms with van der Waals surface area (Å²) in [5.41, 5.74) is 6.81. The van der Waals surface area contributed by atoms with Crippen LogP contribution in [-0.2, 0) is 5.54 Å². The highest BCUT2D eigenvalue weighted by Gasteiger charge is 2.23. The summed E-state index contributed by atoms with van der Waals surface area (Å²) < 4.78 is 0.778. The van der Waals surface area contributed by atoms with Crippen molar-refractivity contribution in [2.75, 3.05) is 0 Å². The zero-order valence-electron chi connectivity index (χ0n) is 9.96. The number of imidazole rings is 1. The smallest absolute Gasteiger partial charge is 0.126 e. The summed E-state index contributed by atoms with van der Waals surface area (Å²) in [4.78, 5) is 8.74. The largest absolute Gasteiger partial charge is 0.340 e. The van der Waals surface area contributed by atoms with Gasteiger partial charge in [0.1, 0.15) is 5.82 Å². The van der Waals surface area contributed by atoms with E-state index in [9.17, 15) is 0 Å². The molecular weight excluding hydrogens is 254 g/mol. The number of H-pyrrole nitrogens is 1. The zero-order valence-corrected chi connectivity index (χ0v) is 11.5. The predicted octanol–water partition coefficient (Wildman–Crippen LogP) is 3.77. The molecule has 92 valence electrons. The molecule has 2 aromatic rings. The van der Waals surface area contributed by atoms with Gasteiger partial charge in [0.15, 0.2) is 0 Å². The Morgan fingerprint density at radius 2 is 2.29 bits per heavy atom. The monoisotopic (exact) mass is 269 g/mol. The van der Waals surface area contributed by atoms with E-state index in [2.05, 4.69) is 16.9 Å². The fourth-order valence-corrected chi connectivity index (χ4v) is 2.84. The van der Waals surface area contributed by atoms with Crippen molar-refractivity contribution in [2.45, 2.75) is 32.2 Å². The van der Waals surface area contributed by atoms with Crippen molar-refractivity contribution in [3.05, 3.63) is 28.5 Å². The normalized spacial score (nSPS) is 14.8. The van der Waals surface area contributed by atoms with Gasteiger partial charge in [-0.05, 0) is 25.5 Å². The summed E-state index contributed by atoms with van der Waals surface area (Å²) in [6, 6.07) is 3.87. The Hall–Kier alpha value is -0.840. The Kier molecular flexibility index (Phi) is 3.56. The van der Waals surface area contributed by atoms with Crippen LogP contribution in [0.1, 0.15) is 32.5 Å². The highest BCUT2D eigenvalue weighted by atomic mass is 35.5. The Morgan fingerprint density at radius 1 is 1.53 bits per heavy atom. The third kappa shape index (κ3) is 2.70. The predicted molar refractivity (Wildman–Crippen MR) is 73.4 cm³/mol. The molecule has 2 aromatic heterocycles. The molecule has 17 heavy (non-hydrogen) atoms. The molecule has 0 saturated heterocycles. The van der Waals surface area contributed by atoms with Gasteiger partial charge in [0.05, 0.1) is 26.6 Å². The second kappa shape index (κ2) is 4.80. The third-order valence-corrected chi connectivity index (χ3v) is 3.99. The summed E-state index contributed by atoms with van der Waals surface area (Å²) in [5.74, 6) is 0.832. The molecular formula is C12H16ClN3S. The summed E-state index contributed by atoms with van der Waals surface area (Å²) in [6.07, 6.45) is 3.76. The molecule has 0 bridgehead atoms. The van der Waals surface area contributed by atoms with Gasteiger partial charge in [-0.3, -0.25) is 0 Å². The van der Waals surface area contributed by atoms with E-state index in [1.165, 1.54) is 11.3 Å². The van der Waals surface area contributed by atoms with Crippen LogP contribution in [0, 0.1) is 0 Å². The minimum Gasteiger partial charge on any atom is -0.340 e. The van der Waals surface area contributed by atoms with Gasteiger partial charge in [0, 0.05) is 0 Å². The molecule has 3 nitrogen and oxygen atoms in total. The van der Waals surface area contributed by atoms with E-state index in [4.69, 9.17) is 17.3 Å². The number of nitrogens with one attached hydrogen (secondary N) is 1. The van der Waals surface area contributed by atoms with E-state index in [-0.39, 0.29) is 0 Å². The molecule has 0 amide bonds. The summed E-state index contributed by atoms with van der Waals surface area (Å²) >= 11 is 7.45. The van der Waals surface area contributed by atoms with Crippen LogP contribution in [0.3, 0.4) is 0 Å².